The predicted molar refractivity (Wildman–Crippen MR) is 101 cm³/mol. The summed E-state index contributed by atoms with van der Waals surface area (Å²) in [5.41, 5.74) is 0.482. The fraction of sp³-hybridized carbons (Fsp3) is 0.273. The number of hydrogen-bond donors (Lipinski definition) is 1. The van der Waals surface area contributed by atoms with Gasteiger partial charge in [0.15, 0.2) is 0 Å². The van der Waals surface area contributed by atoms with Crippen LogP contribution in [-0.4, -0.2) is 41.0 Å². The first kappa shape index (κ1) is 18.4. The molecule has 2 aromatic rings. The maximum absolute atomic E-state index is 14.6. The molecule has 2 saturated heterocycles. The van der Waals surface area contributed by atoms with E-state index in [2.05, 4.69) is 0 Å². The summed E-state index contributed by atoms with van der Waals surface area (Å²) in [6.45, 7) is 0.776. The Labute approximate surface area is 162 Å². The van der Waals surface area contributed by atoms with Gasteiger partial charge in [-0.05, 0) is 18.9 Å². The Hall–Kier alpha value is -2.99. The summed E-state index contributed by atoms with van der Waals surface area (Å²) < 4.78 is 20.3. The van der Waals surface area contributed by atoms with E-state index in [1.807, 2.05) is 0 Å². The summed E-state index contributed by atoms with van der Waals surface area (Å²) >= 11 is 0. The molecule has 4 rings (SSSR count). The Bertz CT molecular complexity index is 935. The van der Waals surface area contributed by atoms with Crippen LogP contribution in [0, 0.1) is 5.82 Å². The van der Waals surface area contributed by atoms with Gasteiger partial charge in [0.1, 0.15) is 11.6 Å². The highest BCUT2D eigenvalue weighted by Gasteiger charge is 2.47. The monoisotopic (exact) mass is 381 g/mol. The Balaban J connectivity index is 1.84. The molecule has 0 aliphatic carbocycles. The molecule has 2 atom stereocenters. The van der Waals surface area contributed by atoms with Crippen molar-refractivity contribution in [2.24, 2.45) is 0 Å². The van der Waals surface area contributed by atoms with E-state index in [4.69, 9.17) is 4.74 Å². The molecule has 144 valence electrons. The maximum Gasteiger partial charge on any atom is 0.295 e. The lowest BCUT2D eigenvalue weighted by molar-refractivity contribution is -0.140. The fourth-order valence-electron chi connectivity index (χ4n) is 3.85. The van der Waals surface area contributed by atoms with Crippen LogP contribution in [0.1, 0.15) is 30.0 Å². The number of benzene rings is 2. The summed E-state index contributed by atoms with van der Waals surface area (Å²) in [5.74, 6) is -2.40. The van der Waals surface area contributed by atoms with E-state index in [0.29, 0.717) is 12.2 Å². The van der Waals surface area contributed by atoms with Gasteiger partial charge in [0, 0.05) is 24.3 Å². The number of Topliss-reactive ketones (excluding diaryl/α,β-unsaturated/α-hetero) is 1. The van der Waals surface area contributed by atoms with Gasteiger partial charge in [-0.25, -0.2) is 4.39 Å². The van der Waals surface area contributed by atoms with Crippen LogP contribution in [0.15, 0.2) is 60.2 Å². The number of amides is 1. The minimum absolute atomic E-state index is 0.0979. The molecule has 0 unspecified atom stereocenters. The molecular formula is C22H20FNO4. The van der Waals surface area contributed by atoms with Crippen molar-refractivity contribution in [2.75, 3.05) is 13.2 Å². The van der Waals surface area contributed by atoms with Crippen LogP contribution in [0.5, 0.6) is 0 Å². The fourth-order valence-corrected chi connectivity index (χ4v) is 3.85. The molecule has 6 heteroatoms. The lowest BCUT2D eigenvalue weighted by atomic mass is 9.95. The van der Waals surface area contributed by atoms with E-state index in [9.17, 15) is 19.1 Å². The zero-order valence-electron chi connectivity index (χ0n) is 15.2. The third-order valence-electron chi connectivity index (χ3n) is 5.21. The molecule has 0 radical (unpaired) electrons. The highest BCUT2D eigenvalue weighted by Crippen LogP contribution is 2.40. The van der Waals surface area contributed by atoms with Crippen molar-refractivity contribution in [1.82, 2.24) is 4.90 Å². The van der Waals surface area contributed by atoms with Crippen LogP contribution in [0.25, 0.3) is 5.76 Å². The van der Waals surface area contributed by atoms with Crippen molar-refractivity contribution in [1.29, 1.82) is 0 Å². The summed E-state index contributed by atoms with van der Waals surface area (Å²) in [7, 11) is 0. The molecule has 2 heterocycles. The van der Waals surface area contributed by atoms with Crippen LogP contribution >= 0.6 is 0 Å². The van der Waals surface area contributed by atoms with Gasteiger partial charge in [0.2, 0.25) is 0 Å². The quantitative estimate of drug-likeness (QED) is 0.501. The second kappa shape index (κ2) is 7.56. The standard InChI is InChI=1S/C22H20FNO4/c23-17-11-5-4-10-16(17)19-18(20(25)14-7-2-1-3-8-14)21(26)22(27)24(19)13-15-9-6-12-28-15/h1-5,7-8,10-11,15,19,25H,6,9,12-13H2/t15-,19+/m0/s1. The molecule has 28 heavy (non-hydrogen) atoms. The summed E-state index contributed by atoms with van der Waals surface area (Å²) in [6, 6.07) is 13.5. The average molecular weight is 381 g/mol. The number of hydrogen-bond acceptors (Lipinski definition) is 4. The van der Waals surface area contributed by atoms with E-state index < -0.39 is 23.5 Å². The number of nitrogens with zero attached hydrogens (tertiary/aromatic N) is 1. The van der Waals surface area contributed by atoms with Gasteiger partial charge in [0.05, 0.1) is 17.7 Å². The number of halogens is 1. The molecule has 1 amide bonds. The Morgan fingerprint density at radius 2 is 1.82 bits per heavy atom. The summed E-state index contributed by atoms with van der Waals surface area (Å²) in [5, 5.41) is 10.8. The smallest absolute Gasteiger partial charge is 0.295 e. The van der Waals surface area contributed by atoms with Crippen LogP contribution in [0.3, 0.4) is 0 Å². The molecule has 5 nitrogen and oxygen atoms in total. The van der Waals surface area contributed by atoms with Crippen LogP contribution in [-0.2, 0) is 14.3 Å². The zero-order valence-corrected chi connectivity index (χ0v) is 15.2. The van der Waals surface area contributed by atoms with E-state index in [1.165, 1.54) is 17.0 Å². The predicted octanol–water partition coefficient (Wildman–Crippen LogP) is 3.43. The minimum Gasteiger partial charge on any atom is -0.507 e. The number of aliphatic hydroxyl groups is 1. The second-order valence-electron chi connectivity index (χ2n) is 6.97. The van der Waals surface area contributed by atoms with Gasteiger partial charge >= 0.3 is 0 Å². The number of carbonyl (C=O) groups excluding carboxylic acids is 2. The third-order valence-corrected chi connectivity index (χ3v) is 5.21. The number of rotatable bonds is 4. The molecule has 0 spiro atoms. The number of ether oxygens (including phenoxy) is 1. The van der Waals surface area contributed by atoms with Gasteiger partial charge in [0.25, 0.3) is 11.7 Å². The first-order valence-electron chi connectivity index (χ1n) is 9.28. The Kier molecular flexibility index (Phi) is 4.96. The molecule has 0 aromatic heterocycles. The second-order valence-corrected chi connectivity index (χ2v) is 6.97. The molecule has 0 saturated carbocycles. The van der Waals surface area contributed by atoms with Gasteiger partial charge in [-0.15, -0.1) is 0 Å². The Morgan fingerprint density at radius 1 is 1.11 bits per heavy atom. The zero-order chi connectivity index (χ0) is 19.7. The molecular weight excluding hydrogens is 361 g/mol. The molecule has 2 aliphatic heterocycles. The van der Waals surface area contributed by atoms with Crippen molar-refractivity contribution < 1.29 is 23.8 Å². The van der Waals surface area contributed by atoms with Gasteiger partial charge in [-0.3, -0.25) is 9.59 Å². The van der Waals surface area contributed by atoms with E-state index in [0.717, 1.165) is 12.8 Å². The van der Waals surface area contributed by atoms with Crippen LogP contribution < -0.4 is 0 Å². The molecule has 0 bridgehead atoms. The van der Waals surface area contributed by atoms with Gasteiger partial charge < -0.3 is 14.7 Å². The number of carbonyl (C=O) groups is 2. The van der Waals surface area contributed by atoms with Crippen molar-refractivity contribution in [3.63, 3.8) is 0 Å². The normalized spacial score (nSPS) is 24.1. The molecule has 1 N–H and O–H groups in total. The highest BCUT2D eigenvalue weighted by atomic mass is 19.1. The first-order valence-corrected chi connectivity index (χ1v) is 9.28. The van der Waals surface area contributed by atoms with Gasteiger partial charge in [-0.2, -0.15) is 0 Å². The van der Waals surface area contributed by atoms with E-state index in [-0.39, 0.29) is 29.5 Å². The number of aliphatic hydroxyl groups excluding tert-OH is 1. The van der Waals surface area contributed by atoms with Gasteiger partial charge in [-0.1, -0.05) is 48.5 Å². The topological polar surface area (TPSA) is 66.8 Å². The molecule has 2 aromatic carbocycles. The SMILES string of the molecule is O=C1C(=O)N(C[C@@H]2CCCO2)[C@H](c2ccccc2F)C1=C(O)c1ccccc1. The number of likely N-dealkylation sites (tertiary alicyclic amines) is 1. The summed E-state index contributed by atoms with van der Waals surface area (Å²) in [4.78, 5) is 26.9. The lowest BCUT2D eigenvalue weighted by Gasteiger charge is -2.27. The van der Waals surface area contributed by atoms with E-state index in [1.54, 1.807) is 42.5 Å². The maximum atomic E-state index is 14.6. The van der Waals surface area contributed by atoms with Crippen molar-refractivity contribution in [3.8, 4) is 0 Å². The molecule has 2 fully saturated rings. The van der Waals surface area contributed by atoms with Crippen molar-refractivity contribution in [2.45, 2.75) is 25.0 Å². The van der Waals surface area contributed by atoms with Crippen LogP contribution in [0.2, 0.25) is 0 Å². The van der Waals surface area contributed by atoms with Crippen LogP contribution in [0.4, 0.5) is 4.39 Å². The van der Waals surface area contributed by atoms with Crippen molar-refractivity contribution in [3.05, 3.63) is 77.1 Å². The summed E-state index contributed by atoms with van der Waals surface area (Å²) in [6.07, 6.45) is 1.44. The third kappa shape index (κ3) is 3.20. The Morgan fingerprint density at radius 3 is 2.50 bits per heavy atom. The average Bonchev–Trinajstić information content (AvgIpc) is 3.31. The van der Waals surface area contributed by atoms with Crippen molar-refractivity contribution >= 4 is 17.4 Å². The number of ketones is 1. The van der Waals surface area contributed by atoms with E-state index >= 15 is 0 Å². The minimum atomic E-state index is -0.995. The molecule has 2 aliphatic rings. The lowest BCUT2D eigenvalue weighted by Crippen LogP contribution is -2.36. The largest absolute Gasteiger partial charge is 0.507 e. The first-order chi connectivity index (χ1) is 13.6. The highest BCUT2D eigenvalue weighted by molar-refractivity contribution is 6.46.